The highest BCUT2D eigenvalue weighted by Gasteiger charge is 2.40. The van der Waals surface area contributed by atoms with Crippen molar-refractivity contribution in [2.24, 2.45) is 10.2 Å². The standard InChI is InChI=1S/C26H20N4O3S/c1-17(29-24(32)20-14-8-9-15-21(20)25(29)33)22-16-34-26(28-27-22)30(19-12-6-3-7-13-19)23(31)18-10-4-2-5-11-18/h2-15,17H,16H2,1H3. The fourth-order valence-electron chi connectivity index (χ4n) is 3.93. The highest BCUT2D eigenvalue weighted by Crippen LogP contribution is 2.28. The third kappa shape index (κ3) is 3.82. The van der Waals surface area contributed by atoms with Crippen LogP contribution in [-0.2, 0) is 0 Å². The minimum Gasteiger partial charge on any atom is -0.269 e. The summed E-state index contributed by atoms with van der Waals surface area (Å²) in [6.45, 7) is 1.77. The molecule has 3 amide bonds. The van der Waals surface area contributed by atoms with E-state index in [0.717, 1.165) is 0 Å². The molecular formula is C26H20N4O3S. The Morgan fingerprint density at radius 2 is 1.41 bits per heavy atom. The molecule has 5 rings (SSSR count). The van der Waals surface area contributed by atoms with Gasteiger partial charge in [0, 0.05) is 11.3 Å². The van der Waals surface area contributed by atoms with E-state index in [1.54, 1.807) is 43.3 Å². The lowest BCUT2D eigenvalue weighted by Crippen LogP contribution is -2.45. The number of hydrogen-bond donors (Lipinski definition) is 0. The number of anilines is 1. The van der Waals surface area contributed by atoms with Gasteiger partial charge in [-0.3, -0.25) is 24.2 Å². The predicted molar refractivity (Wildman–Crippen MR) is 133 cm³/mol. The summed E-state index contributed by atoms with van der Waals surface area (Å²) in [5.41, 5.74) is 2.59. The molecule has 0 saturated heterocycles. The second kappa shape index (κ2) is 9.07. The molecule has 168 valence electrons. The van der Waals surface area contributed by atoms with Crippen molar-refractivity contribution in [3.05, 3.63) is 102 Å². The smallest absolute Gasteiger partial charge is 0.264 e. The molecule has 1 unspecified atom stereocenters. The van der Waals surface area contributed by atoms with Crippen LogP contribution in [0.3, 0.4) is 0 Å². The van der Waals surface area contributed by atoms with E-state index in [9.17, 15) is 14.4 Å². The zero-order chi connectivity index (χ0) is 23.7. The fraction of sp³-hybridized carbons (Fsp3) is 0.115. The molecule has 2 aliphatic rings. The lowest BCUT2D eigenvalue weighted by molar-refractivity contribution is 0.0634. The first-order chi connectivity index (χ1) is 16.6. The Hall–Kier alpha value is -4.04. The van der Waals surface area contributed by atoms with Gasteiger partial charge in [0.15, 0.2) is 5.17 Å². The maximum absolute atomic E-state index is 13.4. The number of imide groups is 1. The Balaban J connectivity index is 1.45. The van der Waals surface area contributed by atoms with Gasteiger partial charge in [-0.05, 0) is 43.3 Å². The Labute approximate surface area is 200 Å². The van der Waals surface area contributed by atoms with Crippen LogP contribution >= 0.6 is 11.8 Å². The summed E-state index contributed by atoms with van der Waals surface area (Å²) >= 11 is 1.35. The first kappa shape index (κ1) is 21.8. The van der Waals surface area contributed by atoms with Crippen molar-refractivity contribution >= 4 is 46.1 Å². The number of fused-ring (bicyclic) bond motifs is 1. The quantitative estimate of drug-likeness (QED) is 0.529. The fourth-order valence-corrected chi connectivity index (χ4v) is 4.92. The molecule has 1 atom stereocenters. The lowest BCUT2D eigenvalue weighted by Gasteiger charge is -2.28. The van der Waals surface area contributed by atoms with Crippen molar-refractivity contribution in [1.82, 2.24) is 4.90 Å². The van der Waals surface area contributed by atoms with E-state index in [-0.39, 0.29) is 17.7 Å². The summed E-state index contributed by atoms with van der Waals surface area (Å²) in [5, 5.41) is 9.13. The van der Waals surface area contributed by atoms with Crippen molar-refractivity contribution in [1.29, 1.82) is 0 Å². The van der Waals surface area contributed by atoms with Gasteiger partial charge < -0.3 is 0 Å². The maximum atomic E-state index is 13.4. The van der Waals surface area contributed by atoms with Crippen LogP contribution in [0, 0.1) is 0 Å². The van der Waals surface area contributed by atoms with Gasteiger partial charge in [0.25, 0.3) is 17.7 Å². The summed E-state index contributed by atoms with van der Waals surface area (Å²) in [6, 6.07) is 24.5. The molecule has 0 aliphatic carbocycles. The number of para-hydroxylation sites is 1. The van der Waals surface area contributed by atoms with Crippen LogP contribution in [0.25, 0.3) is 0 Å². The third-order valence-electron chi connectivity index (χ3n) is 5.74. The van der Waals surface area contributed by atoms with Crippen LogP contribution in [0.5, 0.6) is 0 Å². The second-order valence-corrected chi connectivity index (χ2v) is 8.75. The third-order valence-corrected chi connectivity index (χ3v) is 6.70. The highest BCUT2D eigenvalue weighted by atomic mass is 32.2. The van der Waals surface area contributed by atoms with Gasteiger partial charge in [0.05, 0.1) is 28.6 Å². The van der Waals surface area contributed by atoms with Crippen molar-refractivity contribution < 1.29 is 14.4 Å². The lowest BCUT2D eigenvalue weighted by atomic mass is 10.1. The van der Waals surface area contributed by atoms with E-state index >= 15 is 0 Å². The molecule has 2 heterocycles. The topological polar surface area (TPSA) is 82.4 Å². The Morgan fingerprint density at radius 3 is 1.97 bits per heavy atom. The molecule has 7 nitrogen and oxygen atoms in total. The average molecular weight is 469 g/mol. The second-order valence-electron chi connectivity index (χ2n) is 7.81. The average Bonchev–Trinajstić information content (AvgIpc) is 3.15. The van der Waals surface area contributed by atoms with Crippen LogP contribution in [-0.4, -0.2) is 45.3 Å². The van der Waals surface area contributed by atoms with E-state index in [2.05, 4.69) is 10.2 Å². The maximum Gasteiger partial charge on any atom is 0.264 e. The number of amidine groups is 1. The minimum absolute atomic E-state index is 0.218. The largest absolute Gasteiger partial charge is 0.269 e. The summed E-state index contributed by atoms with van der Waals surface area (Å²) in [6.07, 6.45) is 0. The summed E-state index contributed by atoms with van der Waals surface area (Å²) in [4.78, 5) is 41.8. The van der Waals surface area contributed by atoms with Gasteiger partial charge in [-0.1, -0.05) is 60.3 Å². The number of nitrogens with zero attached hydrogens (tertiary/aromatic N) is 4. The van der Waals surface area contributed by atoms with Gasteiger partial charge in [-0.15, -0.1) is 5.10 Å². The Kier molecular flexibility index (Phi) is 5.81. The van der Waals surface area contributed by atoms with E-state index in [4.69, 9.17) is 0 Å². The van der Waals surface area contributed by atoms with Crippen LogP contribution in [0.15, 0.2) is 95.1 Å². The van der Waals surface area contributed by atoms with E-state index in [1.165, 1.54) is 21.6 Å². The highest BCUT2D eigenvalue weighted by molar-refractivity contribution is 8.14. The normalized spacial score (nSPS) is 16.0. The predicted octanol–water partition coefficient (Wildman–Crippen LogP) is 4.48. The molecule has 3 aromatic carbocycles. The molecular weight excluding hydrogens is 448 g/mol. The number of carbonyl (C=O) groups is 3. The summed E-state index contributed by atoms with van der Waals surface area (Å²) in [5.74, 6) is -0.495. The van der Waals surface area contributed by atoms with E-state index in [1.807, 2.05) is 48.5 Å². The number of amides is 3. The molecule has 0 aromatic heterocycles. The van der Waals surface area contributed by atoms with Crippen LogP contribution in [0.2, 0.25) is 0 Å². The van der Waals surface area contributed by atoms with E-state index in [0.29, 0.717) is 39.0 Å². The van der Waals surface area contributed by atoms with E-state index < -0.39 is 6.04 Å². The summed E-state index contributed by atoms with van der Waals surface area (Å²) in [7, 11) is 0. The number of hydrogen-bond acceptors (Lipinski definition) is 6. The van der Waals surface area contributed by atoms with Crippen LogP contribution in [0.4, 0.5) is 5.69 Å². The van der Waals surface area contributed by atoms with Gasteiger partial charge in [-0.2, -0.15) is 5.10 Å². The SMILES string of the molecule is CC(C1=NN=C(N(C(=O)c2ccccc2)c2ccccc2)SC1)N1C(=O)c2ccccc2C1=O. The molecule has 0 saturated carbocycles. The molecule has 34 heavy (non-hydrogen) atoms. The molecule has 0 fully saturated rings. The Bertz CT molecular complexity index is 1300. The van der Waals surface area contributed by atoms with Crippen LogP contribution < -0.4 is 4.90 Å². The van der Waals surface area contributed by atoms with Crippen molar-refractivity contribution in [3.8, 4) is 0 Å². The van der Waals surface area contributed by atoms with Crippen molar-refractivity contribution in [2.75, 3.05) is 10.7 Å². The molecule has 3 aromatic rings. The zero-order valence-corrected chi connectivity index (χ0v) is 19.1. The first-order valence-electron chi connectivity index (χ1n) is 10.7. The molecule has 8 heteroatoms. The molecule has 0 radical (unpaired) electrons. The molecule has 2 aliphatic heterocycles. The van der Waals surface area contributed by atoms with Gasteiger partial charge in [0.1, 0.15) is 0 Å². The van der Waals surface area contributed by atoms with Crippen molar-refractivity contribution in [2.45, 2.75) is 13.0 Å². The zero-order valence-electron chi connectivity index (χ0n) is 18.3. The minimum atomic E-state index is -0.555. The van der Waals surface area contributed by atoms with Gasteiger partial charge in [-0.25, -0.2) is 0 Å². The first-order valence-corrected chi connectivity index (χ1v) is 11.7. The number of rotatable bonds is 4. The number of thioether (sulfide) groups is 1. The summed E-state index contributed by atoms with van der Waals surface area (Å²) < 4.78 is 0. The van der Waals surface area contributed by atoms with Gasteiger partial charge in [0.2, 0.25) is 0 Å². The molecule has 0 bridgehead atoms. The van der Waals surface area contributed by atoms with Crippen LogP contribution in [0.1, 0.15) is 38.0 Å². The Morgan fingerprint density at radius 1 is 0.853 bits per heavy atom. The number of benzene rings is 3. The molecule has 0 spiro atoms. The van der Waals surface area contributed by atoms with Gasteiger partial charge >= 0.3 is 0 Å². The number of carbonyl (C=O) groups excluding carboxylic acids is 3. The van der Waals surface area contributed by atoms with Crippen molar-refractivity contribution in [3.63, 3.8) is 0 Å². The molecule has 0 N–H and O–H groups in total. The monoisotopic (exact) mass is 468 g/mol.